The molecule has 0 aliphatic heterocycles. The quantitative estimate of drug-likeness (QED) is 0.276. The van der Waals surface area contributed by atoms with Crippen molar-refractivity contribution >= 4 is 29.7 Å². The van der Waals surface area contributed by atoms with Gasteiger partial charge in [0, 0.05) is 39.5 Å². The lowest BCUT2D eigenvalue weighted by atomic mass is 9.54. The van der Waals surface area contributed by atoms with Crippen LogP contribution in [0.5, 0.6) is 0 Å². The van der Waals surface area contributed by atoms with Gasteiger partial charge in [-0.15, -0.1) is 0 Å². The molecule has 11 heteroatoms. The molecule has 2 fully saturated rings. The molecular weight excluding hydrogens is 572 g/mol. The number of ketones is 1. The maximum absolute atomic E-state index is 13.7. The summed E-state index contributed by atoms with van der Waals surface area (Å²) < 4.78 is 24.0. The van der Waals surface area contributed by atoms with Gasteiger partial charge in [-0.2, -0.15) is 0 Å². The molecule has 0 heterocycles. The van der Waals surface area contributed by atoms with E-state index < -0.39 is 82.5 Å². The smallest absolute Gasteiger partial charge is 0.338 e. The summed E-state index contributed by atoms with van der Waals surface area (Å²) in [6, 6.07) is 8.03. The van der Waals surface area contributed by atoms with Gasteiger partial charge in [0.1, 0.15) is 12.2 Å². The van der Waals surface area contributed by atoms with Gasteiger partial charge in [-0.05, 0) is 49.6 Å². The molecule has 0 aromatic heterocycles. The van der Waals surface area contributed by atoms with Gasteiger partial charge in [0.15, 0.2) is 18.0 Å². The first-order valence-corrected chi connectivity index (χ1v) is 14.5. The molecule has 3 aliphatic carbocycles. The van der Waals surface area contributed by atoms with Gasteiger partial charge >= 0.3 is 23.9 Å². The van der Waals surface area contributed by atoms with Crippen molar-refractivity contribution in [2.75, 3.05) is 0 Å². The highest BCUT2D eigenvalue weighted by molar-refractivity contribution is 6.00. The van der Waals surface area contributed by atoms with Crippen LogP contribution in [0.15, 0.2) is 53.6 Å². The van der Waals surface area contributed by atoms with Crippen molar-refractivity contribution in [3.8, 4) is 0 Å². The minimum absolute atomic E-state index is 0.108. The van der Waals surface area contributed by atoms with E-state index in [9.17, 15) is 34.2 Å². The largest absolute Gasteiger partial charge is 0.462 e. The van der Waals surface area contributed by atoms with Crippen LogP contribution in [-0.2, 0) is 38.1 Å². The van der Waals surface area contributed by atoms with Gasteiger partial charge in [0.25, 0.3) is 0 Å². The van der Waals surface area contributed by atoms with E-state index >= 15 is 0 Å². The van der Waals surface area contributed by atoms with Crippen molar-refractivity contribution in [2.45, 2.75) is 97.4 Å². The minimum Gasteiger partial charge on any atom is -0.462 e. The third-order valence-corrected chi connectivity index (χ3v) is 9.56. The van der Waals surface area contributed by atoms with Crippen molar-refractivity contribution in [3.05, 3.63) is 59.2 Å². The second-order valence-electron chi connectivity index (χ2n) is 12.7. The number of fused-ring (bicyclic) bond motifs is 2. The molecule has 238 valence electrons. The maximum atomic E-state index is 13.7. The molecule has 1 aromatic rings. The van der Waals surface area contributed by atoms with Gasteiger partial charge in [-0.3, -0.25) is 19.2 Å². The number of aliphatic hydroxyl groups excluding tert-OH is 1. The van der Waals surface area contributed by atoms with Crippen LogP contribution >= 0.6 is 0 Å². The summed E-state index contributed by atoms with van der Waals surface area (Å²) in [4.78, 5) is 65.5. The first kappa shape index (κ1) is 33.1. The number of benzene rings is 1. The average Bonchev–Trinajstić information content (AvgIpc) is 3.15. The van der Waals surface area contributed by atoms with Crippen molar-refractivity contribution in [2.24, 2.45) is 16.7 Å². The van der Waals surface area contributed by atoms with Crippen molar-refractivity contribution in [1.29, 1.82) is 0 Å². The Morgan fingerprint density at radius 1 is 0.932 bits per heavy atom. The molecule has 2 N–H and O–H groups in total. The predicted molar refractivity (Wildman–Crippen MR) is 155 cm³/mol. The fourth-order valence-corrected chi connectivity index (χ4v) is 7.61. The highest BCUT2D eigenvalue weighted by Crippen LogP contribution is 2.65. The average molecular weight is 613 g/mol. The van der Waals surface area contributed by atoms with Crippen LogP contribution in [0.2, 0.25) is 0 Å². The zero-order chi connectivity index (χ0) is 32.9. The Labute approximate surface area is 256 Å². The molecule has 0 amide bonds. The van der Waals surface area contributed by atoms with Gasteiger partial charge in [-0.1, -0.05) is 31.7 Å². The molecule has 8 unspecified atom stereocenters. The van der Waals surface area contributed by atoms with E-state index in [0.29, 0.717) is 0 Å². The topological polar surface area (TPSA) is 163 Å². The van der Waals surface area contributed by atoms with E-state index in [-0.39, 0.29) is 35.1 Å². The normalized spacial score (nSPS) is 33.5. The lowest BCUT2D eigenvalue weighted by molar-refractivity contribution is -0.212. The maximum Gasteiger partial charge on any atom is 0.338 e. The summed E-state index contributed by atoms with van der Waals surface area (Å²) in [6.07, 6.45) is -7.40. The van der Waals surface area contributed by atoms with Crippen LogP contribution in [0, 0.1) is 16.7 Å². The van der Waals surface area contributed by atoms with E-state index in [1.807, 2.05) is 0 Å². The molecule has 11 nitrogen and oxygen atoms in total. The Kier molecular flexibility index (Phi) is 8.71. The number of carbonyl (C=O) groups is 5. The first-order chi connectivity index (χ1) is 20.4. The summed E-state index contributed by atoms with van der Waals surface area (Å²) in [6.45, 7) is 13.7. The molecule has 2 saturated carbocycles. The Morgan fingerprint density at radius 2 is 1.48 bits per heavy atom. The SMILES string of the molecule is C=C1C(O)CC(OC(C)=O)C2(C)C(OC(C)=O)C(OC(=O)c3ccccc3)C3=C(C)C(=O)CC3(C(C)(C)O)C(OC(C)=O)C12. The fourth-order valence-electron chi connectivity index (χ4n) is 7.61. The number of rotatable bonds is 6. The summed E-state index contributed by atoms with van der Waals surface area (Å²) in [5, 5.41) is 23.3. The van der Waals surface area contributed by atoms with Gasteiger partial charge in [-0.25, -0.2) is 4.79 Å². The summed E-state index contributed by atoms with van der Waals surface area (Å²) >= 11 is 0. The van der Waals surface area contributed by atoms with Crippen molar-refractivity contribution in [1.82, 2.24) is 0 Å². The molecule has 44 heavy (non-hydrogen) atoms. The second-order valence-corrected chi connectivity index (χ2v) is 12.7. The number of hydrogen-bond acceptors (Lipinski definition) is 11. The van der Waals surface area contributed by atoms with Crippen LogP contribution in [0.25, 0.3) is 0 Å². The number of esters is 4. The number of allylic oxidation sites excluding steroid dienone is 1. The zero-order valence-corrected chi connectivity index (χ0v) is 26.0. The van der Waals surface area contributed by atoms with Crippen LogP contribution in [0.3, 0.4) is 0 Å². The third-order valence-electron chi connectivity index (χ3n) is 9.56. The van der Waals surface area contributed by atoms with Gasteiger partial charge < -0.3 is 29.2 Å². The molecule has 0 radical (unpaired) electrons. The Hall–Kier alpha value is -3.83. The van der Waals surface area contributed by atoms with Gasteiger partial charge in [0.2, 0.25) is 0 Å². The van der Waals surface area contributed by atoms with Gasteiger partial charge in [0.05, 0.1) is 28.1 Å². The highest BCUT2D eigenvalue weighted by Gasteiger charge is 2.74. The lowest BCUT2D eigenvalue weighted by Gasteiger charge is -2.55. The molecule has 8 atom stereocenters. The number of Topliss-reactive ketones (excluding diaryl/α,β-unsaturated/α-hetero) is 1. The van der Waals surface area contributed by atoms with Crippen LogP contribution in [0.4, 0.5) is 0 Å². The van der Waals surface area contributed by atoms with E-state index in [1.54, 1.807) is 25.1 Å². The van der Waals surface area contributed by atoms with E-state index in [4.69, 9.17) is 18.9 Å². The number of ether oxygens (including phenoxy) is 4. The van der Waals surface area contributed by atoms with E-state index in [1.165, 1.54) is 39.8 Å². The molecule has 0 bridgehead atoms. The van der Waals surface area contributed by atoms with Crippen LogP contribution in [0.1, 0.15) is 71.7 Å². The Morgan fingerprint density at radius 3 is 2.00 bits per heavy atom. The zero-order valence-electron chi connectivity index (χ0n) is 26.0. The van der Waals surface area contributed by atoms with Crippen LogP contribution < -0.4 is 0 Å². The van der Waals surface area contributed by atoms with Crippen LogP contribution in [-0.4, -0.2) is 76.0 Å². The lowest BCUT2D eigenvalue weighted by Crippen LogP contribution is -2.63. The minimum atomic E-state index is -1.83. The molecule has 3 aliphatic rings. The highest BCUT2D eigenvalue weighted by atomic mass is 16.6. The summed E-state index contributed by atoms with van der Waals surface area (Å²) in [5.41, 5.74) is -4.63. The molecular formula is C33H40O11. The molecule has 0 spiro atoms. The predicted octanol–water partition coefficient (Wildman–Crippen LogP) is 3.01. The second kappa shape index (κ2) is 11.6. The number of carbonyl (C=O) groups excluding carboxylic acids is 5. The fraction of sp³-hybridized carbons (Fsp3) is 0.545. The monoisotopic (exact) mass is 612 g/mol. The number of aliphatic hydroxyl groups is 2. The summed E-state index contributed by atoms with van der Waals surface area (Å²) in [7, 11) is 0. The molecule has 1 aromatic carbocycles. The Balaban J connectivity index is 2.17. The standard InChI is InChI=1S/C33H40O11/c1-16-22(37)14-24(41-18(3)34)32(8)26(16)28(42-19(4)35)33(31(6,7)40)15-23(38)17(2)25(33)27(29(32)43-20(5)36)44-30(39)21-12-10-9-11-13-21/h9-13,22,24,26-29,37,40H,1,14-15H2,2-8H3. The van der Waals surface area contributed by atoms with E-state index in [0.717, 1.165) is 13.8 Å². The molecule has 0 saturated heterocycles. The third kappa shape index (κ3) is 5.26. The molecule has 4 rings (SSSR count). The number of hydrogen-bond donors (Lipinski definition) is 2. The van der Waals surface area contributed by atoms with E-state index in [2.05, 4.69) is 6.58 Å². The first-order valence-electron chi connectivity index (χ1n) is 14.5. The van der Waals surface area contributed by atoms with Crippen molar-refractivity contribution < 1.29 is 53.1 Å². The summed E-state index contributed by atoms with van der Waals surface area (Å²) in [5.74, 6) is -4.66. The van der Waals surface area contributed by atoms with Crippen molar-refractivity contribution in [3.63, 3.8) is 0 Å². The Bertz CT molecular complexity index is 1420.